The number of hydrogen-bond acceptors (Lipinski definition) is 2. The van der Waals surface area contributed by atoms with E-state index in [-0.39, 0.29) is 0 Å². The minimum absolute atomic E-state index is 0.398. The molecule has 0 saturated carbocycles. The lowest BCUT2D eigenvalue weighted by Gasteiger charge is -2.22. The predicted octanol–water partition coefficient (Wildman–Crippen LogP) is 2.30. The summed E-state index contributed by atoms with van der Waals surface area (Å²) >= 11 is 1.85. The van der Waals surface area contributed by atoms with Crippen molar-refractivity contribution in [2.24, 2.45) is 0 Å². The van der Waals surface area contributed by atoms with Crippen molar-refractivity contribution in [3.63, 3.8) is 0 Å². The summed E-state index contributed by atoms with van der Waals surface area (Å²) in [5.41, 5.74) is 1.67. The fraction of sp³-hybridized carbons (Fsp3) is 0.667. The molecule has 0 bridgehead atoms. The molecule has 68 valence electrons. The number of aliphatic carboxylic acids is 1. The van der Waals surface area contributed by atoms with Crippen molar-refractivity contribution >= 4 is 17.7 Å². The molecule has 2 nitrogen and oxygen atoms in total. The zero-order valence-electron chi connectivity index (χ0n) is 7.46. The molecule has 12 heavy (non-hydrogen) atoms. The first-order valence-electron chi connectivity index (χ1n) is 4.17. The van der Waals surface area contributed by atoms with E-state index in [0.29, 0.717) is 10.8 Å². The van der Waals surface area contributed by atoms with Crippen molar-refractivity contribution in [1.29, 1.82) is 0 Å². The van der Waals surface area contributed by atoms with Gasteiger partial charge in [-0.3, -0.25) is 0 Å². The minimum Gasteiger partial charge on any atom is -0.478 e. The second-order valence-electron chi connectivity index (χ2n) is 3.07. The van der Waals surface area contributed by atoms with Crippen LogP contribution in [0.4, 0.5) is 0 Å². The van der Waals surface area contributed by atoms with Crippen molar-refractivity contribution in [1.82, 2.24) is 0 Å². The molecule has 1 saturated heterocycles. The fourth-order valence-corrected chi connectivity index (χ4v) is 2.62. The Morgan fingerprint density at radius 3 is 2.83 bits per heavy atom. The summed E-state index contributed by atoms with van der Waals surface area (Å²) in [5.74, 6) is 0.400. The average molecular weight is 186 g/mol. The third-order valence-corrected chi connectivity index (χ3v) is 3.56. The summed E-state index contributed by atoms with van der Waals surface area (Å²) in [7, 11) is 0. The molecule has 1 atom stereocenters. The van der Waals surface area contributed by atoms with Crippen molar-refractivity contribution in [2.75, 3.05) is 5.75 Å². The van der Waals surface area contributed by atoms with Crippen LogP contribution in [-0.4, -0.2) is 22.1 Å². The Hall–Kier alpha value is -0.440. The number of carboxylic acid groups (broad SMARTS) is 1. The van der Waals surface area contributed by atoms with E-state index in [0.717, 1.165) is 24.2 Å². The molecule has 1 heterocycles. The van der Waals surface area contributed by atoms with Crippen LogP contribution in [0.5, 0.6) is 0 Å². The van der Waals surface area contributed by atoms with Crippen LogP contribution in [0.25, 0.3) is 0 Å². The zero-order valence-corrected chi connectivity index (χ0v) is 8.28. The highest BCUT2D eigenvalue weighted by Crippen LogP contribution is 2.31. The molecule has 0 amide bonds. The standard InChI is InChI=1S/C9H14O2S/c1-6(9(10)11)8-4-3-5-12-7(8)2/h7H,3-5H2,1-2H3,(H,10,11). The molecule has 0 aliphatic carbocycles. The van der Waals surface area contributed by atoms with Crippen LogP contribution in [0.2, 0.25) is 0 Å². The number of rotatable bonds is 1. The van der Waals surface area contributed by atoms with Gasteiger partial charge in [-0.25, -0.2) is 4.79 Å². The van der Waals surface area contributed by atoms with Crippen LogP contribution in [0.1, 0.15) is 26.7 Å². The van der Waals surface area contributed by atoms with Crippen LogP contribution < -0.4 is 0 Å². The third-order valence-electron chi connectivity index (χ3n) is 2.25. The van der Waals surface area contributed by atoms with Crippen LogP contribution in [0.3, 0.4) is 0 Å². The van der Waals surface area contributed by atoms with E-state index in [9.17, 15) is 4.79 Å². The highest BCUT2D eigenvalue weighted by atomic mass is 32.2. The molecule has 0 spiro atoms. The SMILES string of the molecule is CC(C(=O)O)=C1CCCSC1C. The first-order valence-corrected chi connectivity index (χ1v) is 5.22. The van der Waals surface area contributed by atoms with Crippen LogP contribution >= 0.6 is 11.8 Å². The van der Waals surface area contributed by atoms with Gasteiger partial charge in [0, 0.05) is 10.8 Å². The van der Waals surface area contributed by atoms with Gasteiger partial charge in [0.05, 0.1) is 0 Å². The molecule has 1 aliphatic heterocycles. The quantitative estimate of drug-likeness (QED) is 0.638. The molecule has 1 N–H and O–H groups in total. The Kier molecular flexibility index (Phi) is 3.20. The molecule has 0 aromatic heterocycles. The second kappa shape index (κ2) is 3.99. The molecule has 0 radical (unpaired) electrons. The topological polar surface area (TPSA) is 37.3 Å². The lowest BCUT2D eigenvalue weighted by molar-refractivity contribution is -0.132. The molecular formula is C9H14O2S. The van der Waals surface area contributed by atoms with E-state index in [1.54, 1.807) is 6.92 Å². The van der Waals surface area contributed by atoms with Gasteiger partial charge < -0.3 is 5.11 Å². The monoisotopic (exact) mass is 186 g/mol. The number of carboxylic acids is 1. The summed E-state index contributed by atoms with van der Waals surface area (Å²) in [5, 5.41) is 9.18. The smallest absolute Gasteiger partial charge is 0.331 e. The van der Waals surface area contributed by atoms with Gasteiger partial charge in [0.15, 0.2) is 0 Å². The molecule has 1 unspecified atom stereocenters. The van der Waals surface area contributed by atoms with Crippen molar-refractivity contribution < 1.29 is 9.90 Å². The number of thioether (sulfide) groups is 1. The maximum absolute atomic E-state index is 10.7. The normalized spacial score (nSPS) is 28.3. The fourth-order valence-electron chi connectivity index (χ4n) is 1.46. The molecule has 1 fully saturated rings. The van der Waals surface area contributed by atoms with Gasteiger partial charge in [0.1, 0.15) is 0 Å². The minimum atomic E-state index is -0.764. The summed E-state index contributed by atoms with van der Waals surface area (Å²) in [4.78, 5) is 10.7. The highest BCUT2D eigenvalue weighted by molar-refractivity contribution is 8.00. The van der Waals surface area contributed by atoms with Gasteiger partial charge in [-0.2, -0.15) is 11.8 Å². The lowest BCUT2D eigenvalue weighted by atomic mass is 10.0. The first-order chi connectivity index (χ1) is 5.63. The van der Waals surface area contributed by atoms with Crippen molar-refractivity contribution in [3.05, 3.63) is 11.1 Å². The number of hydrogen-bond donors (Lipinski definition) is 1. The first kappa shape index (κ1) is 9.65. The Labute approximate surface area is 77.0 Å². The Morgan fingerprint density at radius 2 is 2.33 bits per heavy atom. The molecule has 0 aromatic rings. The second-order valence-corrected chi connectivity index (χ2v) is 4.52. The predicted molar refractivity (Wildman–Crippen MR) is 51.5 cm³/mol. The summed E-state index contributed by atoms with van der Waals surface area (Å²) in [6, 6.07) is 0. The van der Waals surface area contributed by atoms with Crippen LogP contribution in [-0.2, 0) is 4.79 Å². The molecule has 1 aliphatic rings. The van der Waals surface area contributed by atoms with E-state index in [1.165, 1.54) is 0 Å². The highest BCUT2D eigenvalue weighted by Gasteiger charge is 2.19. The van der Waals surface area contributed by atoms with Crippen LogP contribution in [0, 0.1) is 0 Å². The van der Waals surface area contributed by atoms with E-state index >= 15 is 0 Å². The van der Waals surface area contributed by atoms with Gasteiger partial charge in [-0.15, -0.1) is 0 Å². The third kappa shape index (κ3) is 2.03. The summed E-state index contributed by atoms with van der Waals surface area (Å²) < 4.78 is 0. The lowest BCUT2D eigenvalue weighted by Crippen LogP contribution is -2.14. The van der Waals surface area contributed by atoms with E-state index in [2.05, 4.69) is 6.92 Å². The molecule has 1 rings (SSSR count). The maximum Gasteiger partial charge on any atom is 0.331 e. The van der Waals surface area contributed by atoms with Gasteiger partial charge in [0.25, 0.3) is 0 Å². The van der Waals surface area contributed by atoms with E-state index < -0.39 is 5.97 Å². The Balaban J connectivity index is 2.82. The Morgan fingerprint density at radius 1 is 1.67 bits per heavy atom. The molecular weight excluding hydrogens is 172 g/mol. The van der Waals surface area contributed by atoms with Crippen molar-refractivity contribution in [2.45, 2.75) is 31.9 Å². The van der Waals surface area contributed by atoms with Crippen molar-refractivity contribution in [3.8, 4) is 0 Å². The van der Waals surface area contributed by atoms with E-state index in [1.807, 2.05) is 11.8 Å². The summed E-state index contributed by atoms with van der Waals surface area (Å²) in [6.07, 6.45) is 2.08. The van der Waals surface area contributed by atoms with Gasteiger partial charge in [-0.05, 0) is 38.0 Å². The van der Waals surface area contributed by atoms with Gasteiger partial charge in [0.2, 0.25) is 0 Å². The van der Waals surface area contributed by atoms with Gasteiger partial charge in [-0.1, -0.05) is 0 Å². The zero-order chi connectivity index (χ0) is 9.14. The largest absolute Gasteiger partial charge is 0.478 e. The molecule has 3 heteroatoms. The summed E-state index contributed by atoms with van der Waals surface area (Å²) in [6.45, 7) is 3.80. The maximum atomic E-state index is 10.7. The Bertz CT molecular complexity index is 221. The average Bonchev–Trinajstić information content (AvgIpc) is 2.04. The number of carbonyl (C=O) groups is 1. The van der Waals surface area contributed by atoms with Gasteiger partial charge >= 0.3 is 5.97 Å². The van der Waals surface area contributed by atoms with E-state index in [4.69, 9.17) is 5.11 Å². The van der Waals surface area contributed by atoms with Crippen LogP contribution in [0.15, 0.2) is 11.1 Å². The molecule has 0 aromatic carbocycles.